The summed E-state index contributed by atoms with van der Waals surface area (Å²) < 4.78 is 31.2. The second kappa shape index (κ2) is 9.60. The van der Waals surface area contributed by atoms with E-state index >= 15 is 0 Å². The first-order chi connectivity index (χ1) is 16.8. The summed E-state index contributed by atoms with van der Waals surface area (Å²) in [6.07, 6.45) is 3.44. The second-order valence-electron chi connectivity index (χ2n) is 7.93. The van der Waals surface area contributed by atoms with Crippen LogP contribution in [0.25, 0.3) is 17.0 Å². The number of hydrogen-bond donors (Lipinski definition) is 0. The van der Waals surface area contributed by atoms with Crippen molar-refractivity contribution in [2.75, 3.05) is 0 Å². The van der Waals surface area contributed by atoms with Crippen molar-refractivity contribution in [1.29, 1.82) is 0 Å². The van der Waals surface area contributed by atoms with E-state index in [4.69, 9.17) is 11.6 Å². The number of aromatic nitrogens is 1. The molecule has 9 heteroatoms. The van der Waals surface area contributed by atoms with Crippen LogP contribution in [0.15, 0.2) is 76.2 Å². The standard InChI is InChI=1S/C26H16BrClF2N2O2S/c27-17-8-9-23-18(11-17)16(12-31(23)14-19-20(28)5-3-7-22(19)30)10-24-25(33)32(26(34)35-24)13-15-4-1-2-6-21(15)29/h1-12H,13-14H2/b24-10-. The zero-order chi connectivity index (χ0) is 24.7. The van der Waals surface area contributed by atoms with E-state index in [9.17, 15) is 18.4 Å². The zero-order valence-electron chi connectivity index (χ0n) is 18.0. The third-order valence-electron chi connectivity index (χ3n) is 5.71. The molecule has 2 heterocycles. The van der Waals surface area contributed by atoms with Crippen molar-refractivity contribution in [3.8, 4) is 0 Å². The van der Waals surface area contributed by atoms with Gasteiger partial charge in [0.15, 0.2) is 0 Å². The Balaban J connectivity index is 1.52. The number of nitrogens with zero attached hydrogens (tertiary/aromatic N) is 2. The predicted molar refractivity (Wildman–Crippen MR) is 138 cm³/mol. The molecule has 0 radical (unpaired) electrons. The maximum absolute atomic E-state index is 14.4. The van der Waals surface area contributed by atoms with E-state index in [2.05, 4.69) is 15.9 Å². The van der Waals surface area contributed by atoms with Gasteiger partial charge in [0, 0.05) is 43.3 Å². The van der Waals surface area contributed by atoms with Crippen LogP contribution in [0.5, 0.6) is 0 Å². The monoisotopic (exact) mass is 572 g/mol. The Labute approximate surface area is 217 Å². The lowest BCUT2D eigenvalue weighted by atomic mass is 10.1. The fourth-order valence-corrected chi connectivity index (χ4v) is 5.38. The van der Waals surface area contributed by atoms with Gasteiger partial charge >= 0.3 is 0 Å². The minimum absolute atomic E-state index is 0.145. The van der Waals surface area contributed by atoms with Crippen molar-refractivity contribution in [2.24, 2.45) is 0 Å². The molecule has 0 N–H and O–H groups in total. The molecule has 1 fully saturated rings. The van der Waals surface area contributed by atoms with E-state index in [1.54, 1.807) is 42.6 Å². The number of hydrogen-bond acceptors (Lipinski definition) is 3. The first-order valence-corrected chi connectivity index (χ1v) is 12.5. The summed E-state index contributed by atoms with van der Waals surface area (Å²) in [5.41, 5.74) is 2.11. The Kier molecular flexibility index (Phi) is 6.53. The molecule has 1 aliphatic heterocycles. The summed E-state index contributed by atoms with van der Waals surface area (Å²) in [5.74, 6) is -1.38. The normalized spacial score (nSPS) is 15.1. The molecule has 35 heavy (non-hydrogen) atoms. The lowest BCUT2D eigenvalue weighted by Gasteiger charge is -2.12. The van der Waals surface area contributed by atoms with Gasteiger partial charge in [0.2, 0.25) is 0 Å². The van der Waals surface area contributed by atoms with E-state index in [0.29, 0.717) is 16.1 Å². The number of imide groups is 1. The maximum atomic E-state index is 14.4. The first kappa shape index (κ1) is 23.8. The number of halogens is 4. The summed E-state index contributed by atoms with van der Waals surface area (Å²) in [7, 11) is 0. The highest BCUT2D eigenvalue weighted by Crippen LogP contribution is 2.36. The predicted octanol–water partition coefficient (Wildman–Crippen LogP) is 7.62. The molecular formula is C26H16BrClF2N2O2S. The summed E-state index contributed by atoms with van der Waals surface area (Å²) in [4.78, 5) is 26.9. The van der Waals surface area contributed by atoms with Gasteiger partial charge in [0.1, 0.15) is 11.6 Å². The van der Waals surface area contributed by atoms with Crippen molar-refractivity contribution < 1.29 is 18.4 Å². The fourth-order valence-electron chi connectivity index (χ4n) is 3.97. The van der Waals surface area contributed by atoms with Crippen LogP contribution in [0, 0.1) is 11.6 Å². The Morgan fingerprint density at radius 1 is 0.971 bits per heavy atom. The molecular weight excluding hydrogens is 558 g/mol. The third-order valence-corrected chi connectivity index (χ3v) is 7.47. The third kappa shape index (κ3) is 4.66. The summed E-state index contributed by atoms with van der Waals surface area (Å²) >= 11 is 10.5. The van der Waals surface area contributed by atoms with Crippen molar-refractivity contribution in [2.45, 2.75) is 13.1 Å². The molecule has 3 aromatic carbocycles. The van der Waals surface area contributed by atoms with Gasteiger partial charge in [0.25, 0.3) is 11.1 Å². The van der Waals surface area contributed by atoms with E-state index in [1.165, 1.54) is 12.1 Å². The Hall–Kier alpha value is -2.94. The van der Waals surface area contributed by atoms with Gasteiger partial charge in [-0.1, -0.05) is 51.8 Å². The van der Waals surface area contributed by atoms with Crippen LogP contribution >= 0.6 is 39.3 Å². The molecule has 0 bridgehead atoms. The quantitative estimate of drug-likeness (QED) is 0.231. The lowest BCUT2D eigenvalue weighted by Crippen LogP contribution is -2.27. The number of fused-ring (bicyclic) bond motifs is 1. The zero-order valence-corrected chi connectivity index (χ0v) is 21.1. The number of rotatable bonds is 5. The molecule has 0 saturated carbocycles. The van der Waals surface area contributed by atoms with Gasteiger partial charge in [-0.15, -0.1) is 0 Å². The van der Waals surface area contributed by atoms with Crippen molar-refractivity contribution in [3.05, 3.63) is 110 Å². The molecule has 1 aliphatic rings. The van der Waals surface area contributed by atoms with Gasteiger partial charge in [-0.05, 0) is 54.2 Å². The van der Waals surface area contributed by atoms with E-state index in [-0.39, 0.29) is 23.6 Å². The molecule has 0 atom stereocenters. The maximum Gasteiger partial charge on any atom is 0.293 e. The number of benzene rings is 3. The van der Waals surface area contributed by atoms with Crippen LogP contribution in [0.1, 0.15) is 16.7 Å². The van der Waals surface area contributed by atoms with Crippen LogP contribution < -0.4 is 0 Å². The smallest absolute Gasteiger partial charge is 0.293 e. The minimum Gasteiger partial charge on any atom is -0.342 e. The topological polar surface area (TPSA) is 42.3 Å². The SMILES string of the molecule is O=C1S/C(=C\c2cn(Cc3c(F)cccc3Cl)c3ccc(Br)cc23)C(=O)N1Cc1ccccc1F. The molecule has 4 nitrogen and oxygen atoms in total. The Morgan fingerprint density at radius 3 is 2.51 bits per heavy atom. The van der Waals surface area contributed by atoms with Gasteiger partial charge < -0.3 is 4.57 Å². The molecule has 0 spiro atoms. The highest BCUT2D eigenvalue weighted by atomic mass is 79.9. The largest absolute Gasteiger partial charge is 0.342 e. The molecule has 1 aromatic heterocycles. The molecule has 176 valence electrons. The van der Waals surface area contributed by atoms with Crippen LogP contribution in [0.3, 0.4) is 0 Å². The first-order valence-electron chi connectivity index (χ1n) is 10.5. The fraction of sp³-hybridized carbons (Fsp3) is 0.0769. The highest BCUT2D eigenvalue weighted by molar-refractivity contribution is 9.10. The van der Waals surface area contributed by atoms with Crippen molar-refractivity contribution in [3.63, 3.8) is 0 Å². The average Bonchev–Trinajstić information content (AvgIpc) is 3.29. The number of amides is 2. The van der Waals surface area contributed by atoms with Crippen LogP contribution in [0.4, 0.5) is 13.6 Å². The minimum atomic E-state index is -0.490. The van der Waals surface area contributed by atoms with E-state index < -0.39 is 22.8 Å². The molecule has 0 unspecified atom stereocenters. The lowest BCUT2D eigenvalue weighted by molar-refractivity contribution is -0.123. The molecule has 1 saturated heterocycles. The Morgan fingerprint density at radius 2 is 1.74 bits per heavy atom. The number of carbonyl (C=O) groups excluding carboxylic acids is 2. The molecule has 4 aromatic rings. The molecule has 0 aliphatic carbocycles. The van der Waals surface area contributed by atoms with Gasteiger partial charge in [-0.2, -0.15) is 0 Å². The molecule has 5 rings (SSSR count). The summed E-state index contributed by atoms with van der Waals surface area (Å²) in [5, 5.41) is 0.667. The summed E-state index contributed by atoms with van der Waals surface area (Å²) in [6.45, 7) is 0.0417. The van der Waals surface area contributed by atoms with Crippen LogP contribution in [-0.4, -0.2) is 20.6 Å². The van der Waals surface area contributed by atoms with Crippen molar-refractivity contribution in [1.82, 2.24) is 9.47 Å². The van der Waals surface area contributed by atoms with Gasteiger partial charge in [-0.3, -0.25) is 14.5 Å². The van der Waals surface area contributed by atoms with E-state index in [1.807, 2.05) is 22.8 Å². The van der Waals surface area contributed by atoms with Gasteiger partial charge in [0.05, 0.1) is 18.0 Å². The van der Waals surface area contributed by atoms with Crippen molar-refractivity contribution >= 4 is 67.4 Å². The van der Waals surface area contributed by atoms with Gasteiger partial charge in [-0.25, -0.2) is 8.78 Å². The number of carbonyl (C=O) groups is 2. The second-order valence-corrected chi connectivity index (χ2v) is 10.2. The van der Waals surface area contributed by atoms with E-state index in [0.717, 1.165) is 32.0 Å². The molecule has 2 amide bonds. The Bertz CT molecular complexity index is 1520. The number of thioether (sulfide) groups is 1. The average molecular weight is 574 g/mol. The summed E-state index contributed by atoms with van der Waals surface area (Å²) in [6, 6.07) is 16.2. The highest BCUT2D eigenvalue weighted by Gasteiger charge is 2.35. The van der Waals surface area contributed by atoms with Crippen LogP contribution in [-0.2, 0) is 17.9 Å². The van der Waals surface area contributed by atoms with Crippen LogP contribution in [0.2, 0.25) is 5.02 Å².